The van der Waals surface area contributed by atoms with Gasteiger partial charge in [0.05, 0.1) is 36.9 Å². The summed E-state index contributed by atoms with van der Waals surface area (Å²) in [4.78, 5) is 15.4. The van der Waals surface area contributed by atoms with Gasteiger partial charge in [-0.2, -0.15) is 4.31 Å². The smallest absolute Gasteiger partial charge is 0.243 e. The molecule has 0 saturated carbocycles. The number of carbonyl (C=O) groups is 1. The number of nitrogens with one attached hydrogen (secondary N) is 1. The van der Waals surface area contributed by atoms with E-state index in [0.717, 1.165) is 37.8 Å². The molecule has 2 fully saturated rings. The minimum absolute atomic E-state index is 0.135. The molecule has 0 aromatic heterocycles. The van der Waals surface area contributed by atoms with Gasteiger partial charge in [-0.25, -0.2) is 8.42 Å². The minimum atomic E-state index is -3.71. The van der Waals surface area contributed by atoms with Crippen LogP contribution in [0.15, 0.2) is 47.4 Å². The molecule has 0 radical (unpaired) electrons. The lowest BCUT2D eigenvalue weighted by molar-refractivity contribution is -0.146. The first kappa shape index (κ1) is 28.9. The predicted molar refractivity (Wildman–Crippen MR) is 153 cm³/mol. The Labute approximate surface area is 237 Å². The second-order valence-corrected chi connectivity index (χ2v) is 13.6. The minimum Gasteiger partial charge on any atom is -0.490 e. The van der Waals surface area contributed by atoms with Crippen LogP contribution in [0.4, 0.5) is 5.69 Å². The van der Waals surface area contributed by atoms with Crippen molar-refractivity contribution in [1.29, 1.82) is 0 Å². The third-order valence-electron chi connectivity index (χ3n) is 7.82. The van der Waals surface area contributed by atoms with Gasteiger partial charge in [0.25, 0.3) is 0 Å². The summed E-state index contributed by atoms with van der Waals surface area (Å²) in [6.07, 6.45) is 3.12. The molecule has 1 amide bonds. The molecule has 1 spiro atoms. The first-order chi connectivity index (χ1) is 19.1. The number of piperidine rings is 1. The molecule has 3 aliphatic rings. The third-order valence-corrected chi connectivity index (χ3v) is 9.73. The number of amides is 1. The molecule has 3 aliphatic heterocycles. The number of rotatable bonds is 7. The second kappa shape index (κ2) is 12.1. The number of ether oxygens (including phenoxy) is 3. The Morgan fingerprint density at radius 3 is 2.55 bits per heavy atom. The van der Waals surface area contributed by atoms with E-state index in [4.69, 9.17) is 14.2 Å². The van der Waals surface area contributed by atoms with Gasteiger partial charge in [0, 0.05) is 37.3 Å². The number of aryl methyl sites for hydroxylation is 1. The van der Waals surface area contributed by atoms with Crippen LogP contribution < -0.4 is 14.8 Å². The Balaban J connectivity index is 1.28. The highest BCUT2D eigenvalue weighted by Gasteiger charge is 2.47. The van der Waals surface area contributed by atoms with Gasteiger partial charge in [-0.3, -0.25) is 9.69 Å². The average molecular weight is 572 g/mol. The number of sulfonamides is 1. The quantitative estimate of drug-likeness (QED) is 0.535. The van der Waals surface area contributed by atoms with Crippen LogP contribution in [-0.2, 0) is 19.6 Å². The number of fused-ring (bicyclic) bond motifs is 1. The van der Waals surface area contributed by atoms with E-state index < -0.39 is 15.6 Å². The van der Waals surface area contributed by atoms with Crippen LogP contribution >= 0.6 is 0 Å². The van der Waals surface area contributed by atoms with Crippen molar-refractivity contribution in [3.05, 3.63) is 48.0 Å². The molecule has 2 aromatic carbocycles. The van der Waals surface area contributed by atoms with Gasteiger partial charge in [0.1, 0.15) is 0 Å². The van der Waals surface area contributed by atoms with Crippen molar-refractivity contribution in [2.24, 2.45) is 5.92 Å². The summed E-state index contributed by atoms with van der Waals surface area (Å²) in [5, 5.41) is 2.98. The number of carbonyl (C=O) groups excluding carboxylic acids is 1. The molecule has 0 bridgehead atoms. The van der Waals surface area contributed by atoms with Crippen molar-refractivity contribution in [2.45, 2.75) is 63.0 Å². The van der Waals surface area contributed by atoms with E-state index in [-0.39, 0.29) is 25.0 Å². The van der Waals surface area contributed by atoms with Gasteiger partial charge in [-0.05, 0) is 62.9 Å². The Hall–Kier alpha value is -2.66. The Morgan fingerprint density at radius 2 is 1.80 bits per heavy atom. The summed E-state index contributed by atoms with van der Waals surface area (Å²) in [6.45, 7) is 9.41. The summed E-state index contributed by atoms with van der Waals surface area (Å²) in [5.74, 6) is 1.51. The van der Waals surface area contributed by atoms with Crippen LogP contribution in [0, 0.1) is 12.8 Å². The summed E-state index contributed by atoms with van der Waals surface area (Å²) in [5.41, 5.74) is 1.02. The zero-order chi connectivity index (χ0) is 28.3. The highest BCUT2D eigenvalue weighted by Crippen LogP contribution is 2.36. The number of anilines is 1. The van der Waals surface area contributed by atoms with E-state index in [1.54, 1.807) is 22.5 Å². The Bertz CT molecular complexity index is 1300. The highest BCUT2D eigenvalue weighted by atomic mass is 32.2. The molecule has 218 valence electrons. The zero-order valence-corrected chi connectivity index (χ0v) is 24.5. The van der Waals surface area contributed by atoms with Gasteiger partial charge in [-0.15, -0.1) is 0 Å². The van der Waals surface area contributed by atoms with Gasteiger partial charge in [-0.1, -0.05) is 31.5 Å². The fourth-order valence-corrected chi connectivity index (χ4v) is 7.58. The van der Waals surface area contributed by atoms with E-state index in [2.05, 4.69) is 24.1 Å². The van der Waals surface area contributed by atoms with Gasteiger partial charge in [0.15, 0.2) is 11.5 Å². The van der Waals surface area contributed by atoms with Crippen LogP contribution in [0.1, 0.15) is 45.1 Å². The predicted octanol–water partition coefficient (Wildman–Crippen LogP) is 4.07. The fourth-order valence-electron chi connectivity index (χ4n) is 5.89. The topological polar surface area (TPSA) is 97.4 Å². The first-order valence-electron chi connectivity index (χ1n) is 14.3. The molecule has 3 heterocycles. The molecule has 2 saturated heterocycles. The van der Waals surface area contributed by atoms with Crippen molar-refractivity contribution in [3.63, 3.8) is 0 Å². The molecule has 10 heteroatoms. The molecule has 0 aliphatic carbocycles. The standard InChI is InChI=1S/C30H41N3O6S/c1-22(2)16-25-19-39-30(21-33(25)40(35,36)26-9-6-23(3)7-10-26)12-4-13-32(20-30)18-29(34)31-24-8-11-27-28(17-24)38-15-5-14-37-27/h6-11,17,22,25H,4-5,12-16,18-21H2,1-3H3,(H,31,34)/t25-,30?/m0/s1. The Morgan fingerprint density at radius 1 is 1.05 bits per heavy atom. The molecule has 9 nitrogen and oxygen atoms in total. The highest BCUT2D eigenvalue weighted by molar-refractivity contribution is 7.89. The summed E-state index contributed by atoms with van der Waals surface area (Å²) < 4.78 is 47.3. The maximum atomic E-state index is 13.9. The first-order valence-corrected chi connectivity index (χ1v) is 15.7. The fraction of sp³-hybridized carbons (Fsp3) is 0.567. The number of likely N-dealkylation sites (tertiary alicyclic amines) is 1. The maximum Gasteiger partial charge on any atom is 0.243 e. The normalized spacial score (nSPS) is 24.1. The summed E-state index contributed by atoms with van der Waals surface area (Å²) in [7, 11) is -3.71. The van der Waals surface area contributed by atoms with Crippen LogP contribution in [0.3, 0.4) is 0 Å². The Kier molecular flexibility index (Phi) is 8.70. The average Bonchev–Trinajstić information content (AvgIpc) is 3.15. The molecule has 1 unspecified atom stereocenters. The maximum absolute atomic E-state index is 13.9. The second-order valence-electron chi connectivity index (χ2n) is 11.7. The molecular weight excluding hydrogens is 530 g/mol. The van der Waals surface area contributed by atoms with Crippen molar-refractivity contribution in [1.82, 2.24) is 9.21 Å². The molecule has 40 heavy (non-hydrogen) atoms. The molecule has 2 atom stereocenters. The molecule has 1 N–H and O–H groups in total. The SMILES string of the molecule is Cc1ccc(S(=O)(=O)N2CC3(CCCN(CC(=O)Nc4ccc5c(c4)OCCCO5)C3)OC[C@@H]2CC(C)C)cc1. The van der Waals surface area contributed by atoms with Crippen molar-refractivity contribution >= 4 is 21.6 Å². The molecular formula is C30H41N3O6S. The van der Waals surface area contributed by atoms with Crippen molar-refractivity contribution in [2.75, 3.05) is 51.3 Å². The molecule has 2 aromatic rings. The lowest BCUT2D eigenvalue weighted by atomic mass is 9.89. The lowest BCUT2D eigenvalue weighted by Crippen LogP contribution is -2.64. The van der Waals surface area contributed by atoms with E-state index in [1.165, 1.54) is 0 Å². The van der Waals surface area contributed by atoms with E-state index in [1.807, 2.05) is 31.2 Å². The largest absolute Gasteiger partial charge is 0.490 e. The van der Waals surface area contributed by atoms with Crippen molar-refractivity contribution in [3.8, 4) is 11.5 Å². The van der Waals surface area contributed by atoms with Crippen LogP contribution in [0.2, 0.25) is 0 Å². The van der Waals surface area contributed by atoms with Crippen LogP contribution in [0.5, 0.6) is 11.5 Å². The van der Waals surface area contributed by atoms with Crippen LogP contribution in [0.25, 0.3) is 0 Å². The number of morpholine rings is 1. The van der Waals surface area contributed by atoms with Crippen molar-refractivity contribution < 1.29 is 27.4 Å². The summed E-state index contributed by atoms with van der Waals surface area (Å²) >= 11 is 0. The monoisotopic (exact) mass is 571 g/mol. The molecule has 5 rings (SSSR count). The van der Waals surface area contributed by atoms with Crippen LogP contribution in [-0.4, -0.2) is 81.2 Å². The number of hydrogen-bond acceptors (Lipinski definition) is 7. The van der Waals surface area contributed by atoms with E-state index in [0.29, 0.717) is 54.4 Å². The zero-order valence-electron chi connectivity index (χ0n) is 23.7. The van der Waals surface area contributed by atoms with E-state index in [9.17, 15) is 13.2 Å². The summed E-state index contributed by atoms with van der Waals surface area (Å²) in [6, 6.07) is 12.3. The van der Waals surface area contributed by atoms with Gasteiger partial charge < -0.3 is 19.5 Å². The van der Waals surface area contributed by atoms with Gasteiger partial charge >= 0.3 is 0 Å². The number of hydrogen-bond donors (Lipinski definition) is 1. The lowest BCUT2D eigenvalue weighted by Gasteiger charge is -2.50. The number of benzene rings is 2. The van der Waals surface area contributed by atoms with E-state index >= 15 is 0 Å². The third kappa shape index (κ3) is 6.62. The van der Waals surface area contributed by atoms with Gasteiger partial charge in [0.2, 0.25) is 15.9 Å². The number of nitrogens with zero attached hydrogens (tertiary/aromatic N) is 2.